The van der Waals surface area contributed by atoms with Crippen molar-refractivity contribution in [2.24, 2.45) is 5.92 Å². The Hall–Kier alpha value is -2.68. The summed E-state index contributed by atoms with van der Waals surface area (Å²) >= 11 is 6.58. The third kappa shape index (κ3) is 4.11. The van der Waals surface area contributed by atoms with Gasteiger partial charge in [0.1, 0.15) is 5.02 Å². The molecule has 0 bridgehead atoms. The SMILES string of the molecule is CCN(c1nc(Nc2cccc(-c3cnco3)c2)ncc1Cl)C1CCCC2NNCC21. The van der Waals surface area contributed by atoms with Crippen molar-refractivity contribution >= 4 is 29.1 Å². The number of hydrazine groups is 1. The minimum absolute atomic E-state index is 0.390. The van der Waals surface area contributed by atoms with Gasteiger partial charge in [-0.05, 0) is 38.3 Å². The molecule has 31 heavy (non-hydrogen) atoms. The highest BCUT2D eigenvalue weighted by Crippen LogP contribution is 2.35. The summed E-state index contributed by atoms with van der Waals surface area (Å²) in [5.74, 6) is 2.55. The van der Waals surface area contributed by atoms with Gasteiger partial charge in [0, 0.05) is 42.3 Å². The second-order valence-corrected chi connectivity index (χ2v) is 8.42. The Balaban J connectivity index is 1.40. The lowest BCUT2D eigenvalue weighted by Crippen LogP contribution is -2.49. The molecule has 5 rings (SSSR count). The van der Waals surface area contributed by atoms with Gasteiger partial charge in [0.2, 0.25) is 5.95 Å². The average molecular weight is 440 g/mol. The fourth-order valence-electron chi connectivity index (χ4n) is 4.79. The predicted octanol–water partition coefficient (Wildman–Crippen LogP) is 4.00. The molecule has 1 saturated carbocycles. The molecule has 0 radical (unpaired) electrons. The van der Waals surface area contributed by atoms with E-state index in [0.29, 0.717) is 34.7 Å². The topological polar surface area (TPSA) is 91.1 Å². The number of halogens is 1. The smallest absolute Gasteiger partial charge is 0.229 e. The first-order chi connectivity index (χ1) is 15.2. The number of anilines is 3. The highest BCUT2D eigenvalue weighted by Gasteiger charge is 2.40. The summed E-state index contributed by atoms with van der Waals surface area (Å²) in [5, 5.41) is 3.88. The normalized spacial score (nSPS) is 22.8. The Morgan fingerprint density at radius 2 is 2.23 bits per heavy atom. The highest BCUT2D eigenvalue weighted by atomic mass is 35.5. The lowest BCUT2D eigenvalue weighted by atomic mass is 9.81. The van der Waals surface area contributed by atoms with E-state index < -0.39 is 0 Å². The van der Waals surface area contributed by atoms with E-state index in [4.69, 9.17) is 21.0 Å². The van der Waals surface area contributed by atoms with E-state index in [1.807, 2.05) is 24.3 Å². The fourth-order valence-corrected chi connectivity index (χ4v) is 4.99. The van der Waals surface area contributed by atoms with Crippen LogP contribution in [0.15, 0.2) is 47.5 Å². The Labute approximate surface area is 186 Å². The minimum Gasteiger partial charge on any atom is -0.444 e. The van der Waals surface area contributed by atoms with Crippen molar-refractivity contribution in [1.29, 1.82) is 0 Å². The molecular weight excluding hydrogens is 414 g/mol. The summed E-state index contributed by atoms with van der Waals surface area (Å²) in [7, 11) is 0. The molecule has 3 N–H and O–H groups in total. The minimum atomic E-state index is 0.390. The fraction of sp³-hybridized carbons (Fsp3) is 0.409. The molecule has 3 aromatic rings. The molecule has 8 nitrogen and oxygen atoms in total. The molecule has 3 atom stereocenters. The van der Waals surface area contributed by atoms with E-state index in [0.717, 1.165) is 36.6 Å². The molecule has 3 unspecified atom stereocenters. The highest BCUT2D eigenvalue weighted by molar-refractivity contribution is 6.32. The monoisotopic (exact) mass is 439 g/mol. The van der Waals surface area contributed by atoms with Crippen molar-refractivity contribution < 1.29 is 4.42 Å². The lowest BCUT2D eigenvalue weighted by Gasteiger charge is -2.41. The zero-order valence-corrected chi connectivity index (χ0v) is 18.1. The number of rotatable bonds is 6. The van der Waals surface area contributed by atoms with Crippen LogP contribution < -0.4 is 21.1 Å². The largest absolute Gasteiger partial charge is 0.444 e. The maximum atomic E-state index is 6.58. The van der Waals surface area contributed by atoms with Crippen molar-refractivity contribution in [3.8, 4) is 11.3 Å². The number of hydrogen-bond acceptors (Lipinski definition) is 8. The molecule has 2 fully saturated rings. The van der Waals surface area contributed by atoms with E-state index in [1.165, 1.54) is 19.2 Å². The van der Waals surface area contributed by atoms with Crippen LogP contribution in [0.5, 0.6) is 0 Å². The van der Waals surface area contributed by atoms with Gasteiger partial charge in [-0.3, -0.25) is 10.9 Å². The van der Waals surface area contributed by atoms with Gasteiger partial charge in [-0.2, -0.15) is 4.98 Å². The number of nitrogens with one attached hydrogen (secondary N) is 3. The number of aromatic nitrogens is 3. The standard InChI is InChI=1S/C22H26ClN7O/c1-2-30(19-8-4-7-18-16(19)10-26-29-18)21-17(23)11-25-22(28-21)27-15-6-3-5-14(9-15)20-12-24-13-31-20/h3,5-6,9,11-13,16,18-19,26,29H,2,4,7-8,10H2,1H3,(H,25,27,28). The summed E-state index contributed by atoms with van der Waals surface area (Å²) in [5.41, 5.74) is 8.56. The lowest BCUT2D eigenvalue weighted by molar-refractivity contribution is 0.280. The van der Waals surface area contributed by atoms with Crippen molar-refractivity contribution in [2.45, 2.75) is 38.3 Å². The van der Waals surface area contributed by atoms with E-state index in [-0.39, 0.29) is 0 Å². The molecule has 9 heteroatoms. The molecule has 0 spiro atoms. The van der Waals surface area contributed by atoms with Crippen LogP contribution in [-0.4, -0.2) is 40.1 Å². The first-order valence-electron chi connectivity index (χ1n) is 10.8. The van der Waals surface area contributed by atoms with Crippen LogP contribution in [0.25, 0.3) is 11.3 Å². The van der Waals surface area contributed by atoms with Crippen LogP contribution in [0, 0.1) is 5.92 Å². The Kier molecular flexibility index (Phi) is 5.76. The van der Waals surface area contributed by atoms with Gasteiger partial charge in [-0.15, -0.1) is 0 Å². The van der Waals surface area contributed by atoms with Crippen molar-refractivity contribution in [1.82, 2.24) is 25.8 Å². The van der Waals surface area contributed by atoms with Gasteiger partial charge in [-0.25, -0.2) is 9.97 Å². The summed E-state index contributed by atoms with van der Waals surface area (Å²) < 4.78 is 5.40. The number of fused-ring (bicyclic) bond motifs is 1. The summed E-state index contributed by atoms with van der Waals surface area (Å²) in [6.45, 7) is 3.96. The first kappa shape index (κ1) is 20.2. The second-order valence-electron chi connectivity index (χ2n) is 8.02. The Morgan fingerprint density at radius 3 is 3.06 bits per heavy atom. The average Bonchev–Trinajstić information content (AvgIpc) is 3.49. The van der Waals surface area contributed by atoms with Gasteiger partial charge >= 0.3 is 0 Å². The molecule has 3 heterocycles. The van der Waals surface area contributed by atoms with Crippen LogP contribution in [0.3, 0.4) is 0 Å². The first-order valence-corrected chi connectivity index (χ1v) is 11.1. The van der Waals surface area contributed by atoms with Gasteiger partial charge in [0.25, 0.3) is 0 Å². The molecule has 1 aromatic carbocycles. The van der Waals surface area contributed by atoms with E-state index in [2.05, 4.69) is 38.0 Å². The molecule has 1 aliphatic heterocycles. The van der Waals surface area contributed by atoms with Crippen molar-refractivity contribution in [3.05, 3.63) is 48.1 Å². The molecular formula is C22H26ClN7O. The zero-order valence-electron chi connectivity index (χ0n) is 17.4. The number of hydrogen-bond donors (Lipinski definition) is 3. The molecule has 0 amide bonds. The summed E-state index contributed by atoms with van der Waals surface area (Å²) in [4.78, 5) is 15.6. The third-order valence-corrected chi connectivity index (χ3v) is 6.49. The van der Waals surface area contributed by atoms with Crippen molar-refractivity contribution in [3.63, 3.8) is 0 Å². The van der Waals surface area contributed by atoms with Crippen LogP contribution in [-0.2, 0) is 0 Å². The molecule has 2 aliphatic rings. The predicted molar refractivity (Wildman–Crippen MR) is 121 cm³/mol. The van der Waals surface area contributed by atoms with E-state index in [9.17, 15) is 0 Å². The van der Waals surface area contributed by atoms with Gasteiger partial charge < -0.3 is 14.6 Å². The second kappa shape index (κ2) is 8.82. The Bertz CT molecular complexity index is 1030. The molecule has 162 valence electrons. The van der Waals surface area contributed by atoms with Crippen LogP contribution in [0.1, 0.15) is 26.2 Å². The quantitative estimate of drug-likeness (QED) is 0.531. The number of benzene rings is 1. The Morgan fingerprint density at radius 1 is 1.29 bits per heavy atom. The van der Waals surface area contributed by atoms with Crippen LogP contribution >= 0.6 is 11.6 Å². The maximum absolute atomic E-state index is 6.58. The van der Waals surface area contributed by atoms with Crippen LogP contribution in [0.4, 0.5) is 17.5 Å². The van der Waals surface area contributed by atoms with Gasteiger partial charge in [-0.1, -0.05) is 23.7 Å². The molecule has 2 aromatic heterocycles. The van der Waals surface area contributed by atoms with Crippen molar-refractivity contribution in [2.75, 3.05) is 23.3 Å². The zero-order chi connectivity index (χ0) is 21.2. The third-order valence-electron chi connectivity index (χ3n) is 6.23. The number of nitrogens with zero attached hydrogens (tertiary/aromatic N) is 4. The van der Waals surface area contributed by atoms with Gasteiger partial charge in [0.05, 0.1) is 12.4 Å². The van der Waals surface area contributed by atoms with E-state index >= 15 is 0 Å². The molecule has 1 saturated heterocycles. The van der Waals surface area contributed by atoms with Crippen LogP contribution in [0.2, 0.25) is 5.02 Å². The number of oxazole rings is 1. The van der Waals surface area contributed by atoms with Gasteiger partial charge in [0.15, 0.2) is 18.0 Å². The summed E-state index contributed by atoms with van der Waals surface area (Å²) in [6, 6.07) is 8.78. The molecule has 1 aliphatic carbocycles. The summed E-state index contributed by atoms with van der Waals surface area (Å²) in [6.07, 6.45) is 8.34. The van der Waals surface area contributed by atoms with E-state index in [1.54, 1.807) is 12.4 Å². The maximum Gasteiger partial charge on any atom is 0.229 e.